The minimum Gasteiger partial charge on any atom is -0.481 e. The van der Waals surface area contributed by atoms with Crippen molar-refractivity contribution in [1.29, 1.82) is 0 Å². The van der Waals surface area contributed by atoms with Crippen LogP contribution in [-0.2, 0) is 4.79 Å². The smallest absolute Gasteiger partial charge is 0.305 e. The number of hydrogen-bond donors (Lipinski definition) is 1. The number of aliphatic carboxylic acids is 1. The van der Waals surface area contributed by atoms with Crippen molar-refractivity contribution in [2.45, 2.75) is 27.2 Å². The average molecular weight is 247 g/mol. The van der Waals surface area contributed by atoms with Gasteiger partial charge in [0.1, 0.15) is 0 Å². The second-order valence-corrected chi connectivity index (χ2v) is 4.81. The third-order valence-corrected chi connectivity index (χ3v) is 2.75. The molecule has 0 aliphatic carbocycles. The van der Waals surface area contributed by atoms with Crippen molar-refractivity contribution in [3.05, 3.63) is 41.5 Å². The summed E-state index contributed by atoms with van der Waals surface area (Å²) in [6.45, 7) is 11.2. The van der Waals surface area contributed by atoms with E-state index < -0.39 is 5.97 Å². The number of carbonyl (C=O) groups is 1. The Morgan fingerprint density at radius 3 is 2.56 bits per heavy atom. The third-order valence-electron chi connectivity index (χ3n) is 2.75. The molecule has 0 aliphatic rings. The van der Waals surface area contributed by atoms with Gasteiger partial charge in [0.15, 0.2) is 0 Å². The number of benzene rings is 1. The van der Waals surface area contributed by atoms with Gasteiger partial charge in [0.2, 0.25) is 0 Å². The summed E-state index contributed by atoms with van der Waals surface area (Å²) in [6, 6.07) is 6.21. The molecular weight excluding hydrogens is 226 g/mol. The van der Waals surface area contributed by atoms with Crippen LogP contribution in [0.15, 0.2) is 30.4 Å². The molecule has 0 heterocycles. The zero-order valence-corrected chi connectivity index (χ0v) is 11.4. The first-order chi connectivity index (χ1) is 8.40. The van der Waals surface area contributed by atoms with Crippen LogP contribution in [0.25, 0.3) is 0 Å². The molecule has 0 spiro atoms. The molecule has 98 valence electrons. The van der Waals surface area contributed by atoms with Crippen LogP contribution >= 0.6 is 0 Å². The monoisotopic (exact) mass is 247 g/mol. The average Bonchev–Trinajstić information content (AvgIpc) is 2.24. The second-order valence-electron chi connectivity index (χ2n) is 4.81. The lowest BCUT2D eigenvalue weighted by molar-refractivity contribution is -0.136. The van der Waals surface area contributed by atoms with Gasteiger partial charge in [-0.25, -0.2) is 0 Å². The Bertz CT molecular complexity index is 452. The van der Waals surface area contributed by atoms with Crippen molar-refractivity contribution < 1.29 is 9.90 Å². The molecule has 1 aromatic carbocycles. The summed E-state index contributed by atoms with van der Waals surface area (Å²) in [5.74, 6) is -0.772. The molecule has 0 aromatic heterocycles. The molecule has 3 heteroatoms. The van der Waals surface area contributed by atoms with E-state index in [9.17, 15) is 4.79 Å². The minimum absolute atomic E-state index is 0.139. The Morgan fingerprint density at radius 2 is 2.06 bits per heavy atom. The molecule has 0 bridgehead atoms. The quantitative estimate of drug-likeness (QED) is 0.785. The van der Waals surface area contributed by atoms with E-state index in [4.69, 9.17) is 5.11 Å². The summed E-state index contributed by atoms with van der Waals surface area (Å²) in [4.78, 5) is 12.8. The minimum atomic E-state index is -0.772. The SMILES string of the molecule is C=C(C)CN(CCC(=O)O)c1ccc(C)cc1C. The number of carboxylic acid groups (broad SMARTS) is 1. The van der Waals surface area contributed by atoms with E-state index in [2.05, 4.69) is 43.5 Å². The normalized spacial score (nSPS) is 10.2. The third kappa shape index (κ3) is 4.24. The van der Waals surface area contributed by atoms with Gasteiger partial charge in [0.05, 0.1) is 6.42 Å². The Hall–Kier alpha value is -1.77. The van der Waals surface area contributed by atoms with Gasteiger partial charge in [0, 0.05) is 18.8 Å². The lowest BCUT2D eigenvalue weighted by Crippen LogP contribution is -2.28. The lowest BCUT2D eigenvalue weighted by atomic mass is 10.1. The fraction of sp³-hybridized carbons (Fsp3) is 0.400. The highest BCUT2D eigenvalue weighted by Crippen LogP contribution is 2.22. The van der Waals surface area contributed by atoms with Gasteiger partial charge in [-0.2, -0.15) is 0 Å². The van der Waals surface area contributed by atoms with E-state index in [1.807, 2.05) is 6.92 Å². The van der Waals surface area contributed by atoms with Crippen LogP contribution in [0.4, 0.5) is 5.69 Å². The van der Waals surface area contributed by atoms with Gasteiger partial charge < -0.3 is 10.0 Å². The number of aryl methyl sites for hydroxylation is 2. The molecule has 18 heavy (non-hydrogen) atoms. The Kier molecular flexibility index (Phi) is 4.95. The highest BCUT2D eigenvalue weighted by Gasteiger charge is 2.11. The standard InChI is InChI=1S/C15H21NO2/c1-11(2)10-16(8-7-15(17)18)14-6-5-12(3)9-13(14)4/h5-6,9H,1,7-8,10H2,2-4H3,(H,17,18). The van der Waals surface area contributed by atoms with Gasteiger partial charge in [-0.3, -0.25) is 4.79 Å². The van der Waals surface area contributed by atoms with Crippen LogP contribution in [0.2, 0.25) is 0 Å². The van der Waals surface area contributed by atoms with Gasteiger partial charge in [-0.05, 0) is 32.4 Å². The predicted molar refractivity (Wildman–Crippen MR) is 75.2 cm³/mol. The molecule has 1 aromatic rings. The second kappa shape index (κ2) is 6.24. The number of carboxylic acids is 1. The maximum absolute atomic E-state index is 10.7. The van der Waals surface area contributed by atoms with Gasteiger partial charge in [-0.15, -0.1) is 0 Å². The lowest BCUT2D eigenvalue weighted by Gasteiger charge is -2.26. The zero-order valence-electron chi connectivity index (χ0n) is 11.4. The zero-order chi connectivity index (χ0) is 13.7. The van der Waals surface area contributed by atoms with Gasteiger partial charge in [-0.1, -0.05) is 29.8 Å². The molecule has 3 nitrogen and oxygen atoms in total. The van der Waals surface area contributed by atoms with Crippen molar-refractivity contribution in [2.75, 3.05) is 18.0 Å². The van der Waals surface area contributed by atoms with Gasteiger partial charge in [0.25, 0.3) is 0 Å². The molecule has 1 N–H and O–H groups in total. The summed E-state index contributed by atoms with van der Waals surface area (Å²) in [7, 11) is 0. The summed E-state index contributed by atoms with van der Waals surface area (Å²) in [6.07, 6.45) is 0.139. The summed E-state index contributed by atoms with van der Waals surface area (Å²) >= 11 is 0. The van der Waals surface area contributed by atoms with Crippen LogP contribution in [0.5, 0.6) is 0 Å². The Balaban J connectivity index is 2.93. The predicted octanol–water partition coefficient (Wildman–Crippen LogP) is 3.16. The van der Waals surface area contributed by atoms with Crippen molar-refractivity contribution in [1.82, 2.24) is 0 Å². The molecule has 0 aliphatic heterocycles. The summed E-state index contributed by atoms with van der Waals surface area (Å²) in [5.41, 5.74) is 4.50. The maximum Gasteiger partial charge on any atom is 0.305 e. The Morgan fingerprint density at radius 1 is 1.39 bits per heavy atom. The molecule has 0 radical (unpaired) electrons. The number of hydrogen-bond acceptors (Lipinski definition) is 2. The fourth-order valence-corrected chi connectivity index (χ4v) is 2.00. The van der Waals surface area contributed by atoms with Crippen molar-refractivity contribution in [3.63, 3.8) is 0 Å². The first kappa shape index (κ1) is 14.3. The van der Waals surface area contributed by atoms with E-state index in [0.29, 0.717) is 13.1 Å². The van der Waals surface area contributed by atoms with E-state index in [1.54, 1.807) is 0 Å². The van der Waals surface area contributed by atoms with Crippen LogP contribution in [0, 0.1) is 13.8 Å². The van der Waals surface area contributed by atoms with E-state index >= 15 is 0 Å². The molecule has 0 unspecified atom stereocenters. The molecule has 0 atom stereocenters. The highest BCUT2D eigenvalue weighted by molar-refractivity contribution is 5.68. The van der Waals surface area contributed by atoms with E-state index in [0.717, 1.165) is 11.3 Å². The van der Waals surface area contributed by atoms with E-state index in [-0.39, 0.29) is 6.42 Å². The van der Waals surface area contributed by atoms with Gasteiger partial charge >= 0.3 is 5.97 Å². The summed E-state index contributed by atoms with van der Waals surface area (Å²) in [5, 5.41) is 8.81. The number of rotatable bonds is 6. The van der Waals surface area contributed by atoms with Crippen molar-refractivity contribution in [2.24, 2.45) is 0 Å². The van der Waals surface area contributed by atoms with Crippen LogP contribution in [-0.4, -0.2) is 24.2 Å². The van der Waals surface area contributed by atoms with Crippen LogP contribution in [0.1, 0.15) is 24.5 Å². The molecule has 0 saturated carbocycles. The molecule has 1 rings (SSSR count). The topological polar surface area (TPSA) is 40.5 Å². The maximum atomic E-state index is 10.7. The highest BCUT2D eigenvalue weighted by atomic mass is 16.4. The first-order valence-electron chi connectivity index (χ1n) is 6.08. The van der Waals surface area contributed by atoms with E-state index in [1.165, 1.54) is 11.1 Å². The number of nitrogens with zero attached hydrogens (tertiary/aromatic N) is 1. The molecule has 0 amide bonds. The summed E-state index contributed by atoms with van der Waals surface area (Å²) < 4.78 is 0. The largest absolute Gasteiger partial charge is 0.481 e. The first-order valence-corrected chi connectivity index (χ1v) is 6.08. The molecule has 0 fully saturated rings. The molecule has 0 saturated heterocycles. The van der Waals surface area contributed by atoms with Crippen LogP contribution < -0.4 is 4.90 Å². The number of anilines is 1. The molecular formula is C15H21NO2. The van der Waals surface area contributed by atoms with Crippen LogP contribution in [0.3, 0.4) is 0 Å². The fourth-order valence-electron chi connectivity index (χ4n) is 2.00. The van der Waals surface area contributed by atoms with Crippen molar-refractivity contribution >= 4 is 11.7 Å². The Labute approximate surface area is 109 Å². The van der Waals surface area contributed by atoms with Crippen molar-refractivity contribution in [3.8, 4) is 0 Å².